The second-order valence-corrected chi connectivity index (χ2v) is 5.53. The zero-order valence-electron chi connectivity index (χ0n) is 14.2. The molecule has 0 spiro atoms. The lowest BCUT2D eigenvalue weighted by atomic mass is 10.2. The van der Waals surface area contributed by atoms with Crippen molar-refractivity contribution < 1.29 is 19.4 Å². The number of ether oxygens (including phenoxy) is 2. The van der Waals surface area contributed by atoms with Gasteiger partial charge in [-0.1, -0.05) is 12.1 Å². The lowest BCUT2D eigenvalue weighted by Crippen LogP contribution is -2.39. The third-order valence-corrected chi connectivity index (χ3v) is 3.53. The van der Waals surface area contributed by atoms with E-state index in [4.69, 9.17) is 14.6 Å². The van der Waals surface area contributed by atoms with Crippen LogP contribution in [0.2, 0.25) is 0 Å². The lowest BCUT2D eigenvalue weighted by molar-refractivity contribution is 0.0659. The van der Waals surface area contributed by atoms with E-state index in [0.29, 0.717) is 22.9 Å². The van der Waals surface area contributed by atoms with Crippen LogP contribution in [-0.2, 0) is 6.61 Å². The molecule has 0 radical (unpaired) electrons. The van der Waals surface area contributed by atoms with Gasteiger partial charge in [0.15, 0.2) is 17.2 Å². The molecule has 130 valence electrons. The molecular weight excluding hydrogens is 310 g/mol. The van der Waals surface area contributed by atoms with Gasteiger partial charge in [0.2, 0.25) is 0 Å². The highest BCUT2D eigenvalue weighted by molar-refractivity contribution is 5.92. The summed E-state index contributed by atoms with van der Waals surface area (Å²) in [5, 5.41) is 15.9. The maximum absolute atomic E-state index is 12.4. The van der Waals surface area contributed by atoms with Crippen LogP contribution in [0.4, 0.5) is 0 Å². The molecule has 0 unspecified atom stereocenters. The van der Waals surface area contributed by atoms with Crippen LogP contribution in [0.3, 0.4) is 0 Å². The predicted octanol–water partition coefficient (Wildman–Crippen LogP) is 1.84. The third kappa shape index (κ3) is 4.26. The Kier molecular flexibility index (Phi) is 6.20. The average molecular weight is 333 g/mol. The van der Waals surface area contributed by atoms with Gasteiger partial charge in [-0.25, -0.2) is 0 Å². The van der Waals surface area contributed by atoms with E-state index in [0.717, 1.165) is 0 Å². The van der Waals surface area contributed by atoms with Crippen LogP contribution >= 0.6 is 0 Å². The fourth-order valence-corrected chi connectivity index (χ4v) is 2.29. The topological polar surface area (TPSA) is 87.7 Å². The first-order valence-corrected chi connectivity index (χ1v) is 7.78. The van der Waals surface area contributed by atoms with Crippen molar-refractivity contribution >= 4 is 5.91 Å². The molecule has 7 nitrogen and oxygen atoms in total. The van der Waals surface area contributed by atoms with Crippen molar-refractivity contribution in [3.8, 4) is 11.5 Å². The molecule has 0 atom stereocenters. The SMILES string of the molecule is COc1ccccc1OCc1cc(C(=O)N(CCO)C(C)C)n[nH]1. The summed E-state index contributed by atoms with van der Waals surface area (Å²) in [6, 6.07) is 8.98. The van der Waals surface area contributed by atoms with Crippen molar-refractivity contribution in [1.29, 1.82) is 0 Å². The molecule has 0 aliphatic rings. The van der Waals surface area contributed by atoms with Gasteiger partial charge in [0.05, 0.1) is 19.4 Å². The van der Waals surface area contributed by atoms with Gasteiger partial charge < -0.3 is 19.5 Å². The number of hydrogen-bond acceptors (Lipinski definition) is 5. The number of aromatic amines is 1. The average Bonchev–Trinajstić information content (AvgIpc) is 3.06. The van der Waals surface area contributed by atoms with Gasteiger partial charge in [0, 0.05) is 12.6 Å². The Labute approximate surface area is 141 Å². The fourth-order valence-electron chi connectivity index (χ4n) is 2.29. The Morgan fingerprint density at radius 1 is 1.33 bits per heavy atom. The molecule has 2 aromatic rings. The summed E-state index contributed by atoms with van der Waals surface area (Å²) in [5.74, 6) is 1.03. The first kappa shape index (κ1) is 17.8. The molecule has 7 heteroatoms. The monoisotopic (exact) mass is 333 g/mol. The van der Waals surface area contributed by atoms with Gasteiger partial charge in [0.25, 0.3) is 5.91 Å². The zero-order chi connectivity index (χ0) is 17.5. The Bertz CT molecular complexity index is 669. The predicted molar refractivity (Wildman–Crippen MR) is 89.2 cm³/mol. The smallest absolute Gasteiger partial charge is 0.274 e. The molecule has 1 aromatic heterocycles. The van der Waals surface area contributed by atoms with Gasteiger partial charge in [-0.15, -0.1) is 0 Å². The van der Waals surface area contributed by atoms with E-state index < -0.39 is 0 Å². The molecule has 0 aliphatic carbocycles. The number of amides is 1. The number of nitrogens with one attached hydrogen (secondary N) is 1. The lowest BCUT2D eigenvalue weighted by Gasteiger charge is -2.24. The Morgan fingerprint density at radius 2 is 2.04 bits per heavy atom. The van der Waals surface area contributed by atoms with E-state index in [1.54, 1.807) is 18.1 Å². The number of para-hydroxylation sites is 2. The Hall–Kier alpha value is -2.54. The third-order valence-electron chi connectivity index (χ3n) is 3.53. The number of rotatable bonds is 8. The zero-order valence-corrected chi connectivity index (χ0v) is 14.2. The molecule has 1 heterocycles. The van der Waals surface area contributed by atoms with Crippen molar-refractivity contribution in [3.05, 3.63) is 41.7 Å². The number of methoxy groups -OCH3 is 1. The van der Waals surface area contributed by atoms with Crippen molar-refractivity contribution in [2.75, 3.05) is 20.3 Å². The molecule has 0 aliphatic heterocycles. The first-order chi connectivity index (χ1) is 11.6. The quantitative estimate of drug-likeness (QED) is 0.770. The number of nitrogens with zero attached hydrogens (tertiary/aromatic N) is 2. The van der Waals surface area contributed by atoms with Crippen molar-refractivity contribution in [2.45, 2.75) is 26.5 Å². The van der Waals surface area contributed by atoms with E-state index >= 15 is 0 Å². The van der Waals surface area contributed by atoms with Crippen LogP contribution in [0.15, 0.2) is 30.3 Å². The van der Waals surface area contributed by atoms with Gasteiger partial charge in [0.1, 0.15) is 6.61 Å². The number of hydrogen-bond donors (Lipinski definition) is 2. The van der Waals surface area contributed by atoms with Crippen molar-refractivity contribution in [1.82, 2.24) is 15.1 Å². The summed E-state index contributed by atoms with van der Waals surface area (Å²) in [5.41, 5.74) is 0.979. The molecule has 0 fully saturated rings. The number of carbonyl (C=O) groups is 1. The molecule has 2 N–H and O–H groups in total. The minimum Gasteiger partial charge on any atom is -0.493 e. The summed E-state index contributed by atoms with van der Waals surface area (Å²) in [6.07, 6.45) is 0. The van der Waals surface area contributed by atoms with Crippen LogP contribution in [0, 0.1) is 0 Å². The van der Waals surface area contributed by atoms with Crippen molar-refractivity contribution in [3.63, 3.8) is 0 Å². The van der Waals surface area contributed by atoms with Gasteiger partial charge in [-0.2, -0.15) is 5.10 Å². The summed E-state index contributed by atoms with van der Waals surface area (Å²) >= 11 is 0. The van der Waals surface area contributed by atoms with Gasteiger partial charge in [-0.05, 0) is 32.0 Å². The summed E-state index contributed by atoms with van der Waals surface area (Å²) in [7, 11) is 1.58. The van der Waals surface area contributed by atoms with E-state index in [9.17, 15) is 4.79 Å². The molecule has 1 amide bonds. The number of aromatic nitrogens is 2. The van der Waals surface area contributed by atoms with E-state index in [1.165, 1.54) is 0 Å². The maximum Gasteiger partial charge on any atom is 0.274 e. The van der Waals surface area contributed by atoms with Gasteiger partial charge >= 0.3 is 0 Å². The van der Waals surface area contributed by atoms with E-state index in [2.05, 4.69) is 10.2 Å². The highest BCUT2D eigenvalue weighted by Crippen LogP contribution is 2.26. The van der Waals surface area contributed by atoms with Crippen LogP contribution in [0.25, 0.3) is 0 Å². The number of benzene rings is 1. The molecule has 1 aromatic carbocycles. The normalized spacial score (nSPS) is 10.7. The van der Waals surface area contributed by atoms with Crippen LogP contribution in [0.5, 0.6) is 11.5 Å². The van der Waals surface area contributed by atoms with Gasteiger partial charge in [-0.3, -0.25) is 9.89 Å². The Morgan fingerprint density at radius 3 is 2.67 bits per heavy atom. The minimum atomic E-state index is -0.223. The molecule has 0 saturated heterocycles. The number of aliphatic hydroxyl groups excluding tert-OH is 1. The van der Waals surface area contributed by atoms with E-state index in [1.807, 2.05) is 38.1 Å². The van der Waals surface area contributed by atoms with E-state index in [-0.39, 0.29) is 31.7 Å². The molecule has 0 bridgehead atoms. The second kappa shape index (κ2) is 8.35. The number of carbonyl (C=O) groups excluding carboxylic acids is 1. The van der Waals surface area contributed by atoms with Crippen LogP contribution in [0.1, 0.15) is 30.0 Å². The second-order valence-electron chi connectivity index (χ2n) is 5.53. The largest absolute Gasteiger partial charge is 0.493 e. The highest BCUT2D eigenvalue weighted by atomic mass is 16.5. The molecule has 2 rings (SSSR count). The van der Waals surface area contributed by atoms with Crippen LogP contribution < -0.4 is 9.47 Å². The fraction of sp³-hybridized carbons (Fsp3) is 0.412. The minimum absolute atomic E-state index is 0.0189. The standard InChI is InChI=1S/C17H23N3O4/c1-12(2)20(8-9-21)17(22)14-10-13(18-19-14)11-24-16-7-5-4-6-15(16)23-3/h4-7,10,12,21H,8-9,11H2,1-3H3,(H,18,19). The molecule has 0 saturated carbocycles. The number of H-pyrrole nitrogens is 1. The summed E-state index contributed by atoms with van der Waals surface area (Å²) < 4.78 is 10.9. The number of aliphatic hydroxyl groups is 1. The first-order valence-electron chi connectivity index (χ1n) is 7.78. The van der Waals surface area contributed by atoms with Crippen molar-refractivity contribution in [2.24, 2.45) is 0 Å². The van der Waals surface area contributed by atoms with Crippen LogP contribution in [-0.4, -0.2) is 52.4 Å². The summed E-state index contributed by atoms with van der Waals surface area (Å²) in [4.78, 5) is 14.0. The molecular formula is C17H23N3O4. The summed E-state index contributed by atoms with van der Waals surface area (Å²) in [6.45, 7) is 4.22. The molecule has 24 heavy (non-hydrogen) atoms. The Balaban J connectivity index is 2.03. The highest BCUT2D eigenvalue weighted by Gasteiger charge is 2.21. The maximum atomic E-state index is 12.4.